The number of rotatable bonds is 7. The van der Waals surface area contributed by atoms with Crippen LogP contribution >= 0.6 is 11.6 Å². The van der Waals surface area contributed by atoms with Crippen molar-refractivity contribution in [2.24, 2.45) is 0 Å². The molecule has 3 aromatic carbocycles. The number of benzene rings is 3. The normalized spacial score (nSPS) is 14.5. The highest BCUT2D eigenvalue weighted by molar-refractivity contribution is 7.89. The van der Waals surface area contributed by atoms with Gasteiger partial charge in [0.25, 0.3) is 5.91 Å². The van der Waals surface area contributed by atoms with Crippen LogP contribution in [0.3, 0.4) is 0 Å². The summed E-state index contributed by atoms with van der Waals surface area (Å²) in [7, 11) is -3.65. The van der Waals surface area contributed by atoms with Gasteiger partial charge in [-0.2, -0.15) is 4.31 Å². The Morgan fingerprint density at radius 1 is 0.892 bits per heavy atom. The van der Waals surface area contributed by atoms with Gasteiger partial charge >= 0.3 is 0 Å². The van der Waals surface area contributed by atoms with E-state index in [4.69, 9.17) is 16.3 Å². The van der Waals surface area contributed by atoms with Crippen LogP contribution in [0.5, 0.6) is 11.5 Å². The third-order valence-electron chi connectivity index (χ3n) is 5.96. The van der Waals surface area contributed by atoms with Gasteiger partial charge in [-0.3, -0.25) is 4.79 Å². The second kappa shape index (κ2) is 10.7. The third kappa shape index (κ3) is 5.82. The standard InChI is InChI=1S/C26H24ClN5O4S/c27-21-9-11-24(12-10-21)37(34,35)32-15-13-30(14-16-32)26(33)25-19-31(29-28-25)18-20-5-4-8-23(17-20)36-22-6-2-1-3-7-22/h1-12,17,19H,13-16,18H2. The van der Waals surface area contributed by atoms with Gasteiger partial charge in [0.1, 0.15) is 11.5 Å². The lowest BCUT2D eigenvalue weighted by Crippen LogP contribution is -2.50. The van der Waals surface area contributed by atoms with E-state index in [1.807, 2.05) is 54.6 Å². The summed E-state index contributed by atoms with van der Waals surface area (Å²) >= 11 is 5.87. The van der Waals surface area contributed by atoms with Gasteiger partial charge in [-0.05, 0) is 54.1 Å². The number of amides is 1. The van der Waals surface area contributed by atoms with E-state index < -0.39 is 10.0 Å². The van der Waals surface area contributed by atoms with E-state index >= 15 is 0 Å². The van der Waals surface area contributed by atoms with Crippen molar-refractivity contribution in [1.82, 2.24) is 24.2 Å². The van der Waals surface area contributed by atoms with Crippen molar-refractivity contribution < 1.29 is 17.9 Å². The van der Waals surface area contributed by atoms with E-state index in [-0.39, 0.29) is 42.7 Å². The minimum Gasteiger partial charge on any atom is -0.457 e. The number of ether oxygens (including phenoxy) is 1. The molecule has 0 N–H and O–H groups in total. The van der Waals surface area contributed by atoms with Crippen molar-refractivity contribution in [2.45, 2.75) is 11.4 Å². The van der Waals surface area contributed by atoms with Crippen molar-refractivity contribution in [3.8, 4) is 11.5 Å². The molecule has 1 saturated heterocycles. The van der Waals surface area contributed by atoms with Crippen LogP contribution in [-0.2, 0) is 16.6 Å². The first-order chi connectivity index (χ1) is 17.9. The Labute approximate surface area is 219 Å². The predicted molar refractivity (Wildman–Crippen MR) is 138 cm³/mol. The molecule has 0 radical (unpaired) electrons. The van der Waals surface area contributed by atoms with Crippen LogP contribution in [0.2, 0.25) is 5.02 Å². The third-order valence-corrected chi connectivity index (χ3v) is 8.12. The minimum absolute atomic E-state index is 0.179. The first kappa shape index (κ1) is 24.9. The van der Waals surface area contributed by atoms with Crippen LogP contribution in [-0.4, -0.2) is 64.7 Å². The fraction of sp³-hybridized carbons (Fsp3) is 0.192. The van der Waals surface area contributed by atoms with E-state index in [0.29, 0.717) is 17.3 Å². The van der Waals surface area contributed by atoms with E-state index in [2.05, 4.69) is 10.3 Å². The number of halogens is 1. The molecule has 9 nitrogen and oxygen atoms in total. The summed E-state index contributed by atoms with van der Waals surface area (Å²) < 4.78 is 34.6. The van der Waals surface area contributed by atoms with Crippen molar-refractivity contribution in [1.29, 1.82) is 0 Å². The van der Waals surface area contributed by atoms with Crippen molar-refractivity contribution in [3.05, 3.63) is 101 Å². The number of hydrogen-bond acceptors (Lipinski definition) is 6. The zero-order valence-corrected chi connectivity index (χ0v) is 21.3. The van der Waals surface area contributed by atoms with E-state index in [0.717, 1.165) is 11.3 Å². The molecule has 1 aliphatic heterocycles. The molecule has 1 aromatic heterocycles. The van der Waals surface area contributed by atoms with Crippen LogP contribution in [0.1, 0.15) is 16.1 Å². The maximum Gasteiger partial charge on any atom is 0.276 e. The Hall–Kier alpha value is -3.73. The van der Waals surface area contributed by atoms with Crippen LogP contribution in [0.4, 0.5) is 0 Å². The van der Waals surface area contributed by atoms with Crippen LogP contribution < -0.4 is 4.74 Å². The van der Waals surface area contributed by atoms with E-state index in [1.54, 1.807) is 27.9 Å². The monoisotopic (exact) mass is 537 g/mol. The Kier molecular flexibility index (Phi) is 7.22. The molecule has 0 unspecified atom stereocenters. The average Bonchev–Trinajstić information content (AvgIpc) is 3.38. The number of piperazine rings is 1. The van der Waals surface area contributed by atoms with Crippen molar-refractivity contribution in [2.75, 3.05) is 26.2 Å². The first-order valence-corrected chi connectivity index (χ1v) is 13.5. The number of carbonyl (C=O) groups excluding carboxylic acids is 1. The Balaban J connectivity index is 1.19. The molecule has 4 aromatic rings. The smallest absolute Gasteiger partial charge is 0.276 e. The summed E-state index contributed by atoms with van der Waals surface area (Å²) in [5.74, 6) is 1.16. The highest BCUT2D eigenvalue weighted by Crippen LogP contribution is 2.23. The summed E-state index contributed by atoms with van der Waals surface area (Å²) in [6, 6.07) is 23.2. The van der Waals surface area contributed by atoms with Gasteiger partial charge in [-0.1, -0.05) is 47.1 Å². The van der Waals surface area contributed by atoms with Gasteiger partial charge in [0, 0.05) is 31.2 Å². The van der Waals surface area contributed by atoms with Gasteiger partial charge in [0.05, 0.1) is 17.6 Å². The van der Waals surface area contributed by atoms with E-state index in [1.165, 1.54) is 16.4 Å². The lowest BCUT2D eigenvalue weighted by Gasteiger charge is -2.33. The maximum atomic E-state index is 13.0. The van der Waals surface area contributed by atoms with Gasteiger partial charge in [0.15, 0.2) is 5.69 Å². The molecule has 2 heterocycles. The Morgan fingerprint density at radius 3 is 2.32 bits per heavy atom. The molecular formula is C26H24ClN5O4S. The fourth-order valence-corrected chi connectivity index (χ4v) is 5.59. The highest BCUT2D eigenvalue weighted by atomic mass is 35.5. The number of nitrogens with zero attached hydrogens (tertiary/aromatic N) is 5. The number of sulfonamides is 1. The molecule has 0 atom stereocenters. The molecule has 0 saturated carbocycles. The lowest BCUT2D eigenvalue weighted by atomic mass is 10.2. The summed E-state index contributed by atoms with van der Waals surface area (Å²) in [4.78, 5) is 14.8. The number of para-hydroxylation sites is 1. The molecule has 0 aliphatic carbocycles. The highest BCUT2D eigenvalue weighted by Gasteiger charge is 2.31. The van der Waals surface area contributed by atoms with Crippen LogP contribution in [0, 0.1) is 0 Å². The van der Waals surface area contributed by atoms with Gasteiger partial charge in [-0.25, -0.2) is 13.1 Å². The topological polar surface area (TPSA) is 97.6 Å². The maximum absolute atomic E-state index is 13.0. The average molecular weight is 538 g/mol. The molecule has 37 heavy (non-hydrogen) atoms. The first-order valence-electron chi connectivity index (χ1n) is 11.7. The number of aromatic nitrogens is 3. The van der Waals surface area contributed by atoms with Gasteiger partial charge < -0.3 is 9.64 Å². The molecule has 1 aliphatic rings. The molecule has 11 heteroatoms. The van der Waals surface area contributed by atoms with Crippen LogP contribution in [0.15, 0.2) is 90.0 Å². The fourth-order valence-electron chi connectivity index (χ4n) is 4.04. The largest absolute Gasteiger partial charge is 0.457 e. The second-order valence-corrected chi connectivity index (χ2v) is 10.9. The summed E-state index contributed by atoms with van der Waals surface area (Å²) in [5, 5.41) is 8.62. The zero-order valence-electron chi connectivity index (χ0n) is 19.8. The predicted octanol–water partition coefficient (Wildman–Crippen LogP) is 3.92. The SMILES string of the molecule is O=C(c1cn(Cc2cccc(Oc3ccccc3)c2)nn1)N1CCN(S(=O)(=O)c2ccc(Cl)cc2)CC1. The molecule has 0 bridgehead atoms. The Bertz CT molecular complexity index is 1480. The Morgan fingerprint density at radius 2 is 1.59 bits per heavy atom. The molecule has 1 amide bonds. The molecule has 1 fully saturated rings. The summed E-state index contributed by atoms with van der Waals surface area (Å²) in [6.45, 7) is 1.33. The summed E-state index contributed by atoms with van der Waals surface area (Å²) in [5.41, 5.74) is 1.16. The zero-order chi connectivity index (χ0) is 25.8. The summed E-state index contributed by atoms with van der Waals surface area (Å²) in [6.07, 6.45) is 1.60. The van der Waals surface area contributed by atoms with Crippen LogP contribution in [0.25, 0.3) is 0 Å². The lowest BCUT2D eigenvalue weighted by molar-refractivity contribution is 0.0692. The quantitative estimate of drug-likeness (QED) is 0.354. The van der Waals surface area contributed by atoms with Crippen molar-refractivity contribution >= 4 is 27.5 Å². The molecular weight excluding hydrogens is 514 g/mol. The molecule has 190 valence electrons. The second-order valence-electron chi connectivity index (χ2n) is 8.51. The van der Waals surface area contributed by atoms with Gasteiger partial charge in [-0.15, -0.1) is 5.10 Å². The molecule has 0 spiro atoms. The molecule has 5 rings (SSSR count). The van der Waals surface area contributed by atoms with Gasteiger partial charge in [0.2, 0.25) is 10.0 Å². The van der Waals surface area contributed by atoms with Crippen molar-refractivity contribution in [3.63, 3.8) is 0 Å². The number of carbonyl (C=O) groups is 1. The number of hydrogen-bond donors (Lipinski definition) is 0. The van der Waals surface area contributed by atoms with E-state index in [9.17, 15) is 13.2 Å². The minimum atomic E-state index is -3.65.